The van der Waals surface area contributed by atoms with E-state index in [9.17, 15) is 37.0 Å². The lowest BCUT2D eigenvalue weighted by Gasteiger charge is -2.14. The lowest BCUT2D eigenvalue weighted by Crippen LogP contribution is -2.34. The van der Waals surface area contributed by atoms with Gasteiger partial charge in [0, 0.05) is 18.9 Å². The van der Waals surface area contributed by atoms with Gasteiger partial charge >= 0.3 is 15.7 Å². The van der Waals surface area contributed by atoms with Crippen LogP contribution in [0, 0.1) is 0 Å². The predicted octanol–water partition coefficient (Wildman–Crippen LogP) is 2.98. The van der Waals surface area contributed by atoms with Crippen molar-refractivity contribution in [1.82, 2.24) is 14.8 Å². The highest BCUT2D eigenvalue weighted by molar-refractivity contribution is 7.85. The van der Waals surface area contributed by atoms with E-state index < -0.39 is 56.2 Å². The Kier molecular flexibility index (Phi) is 7.61. The number of alkyl halides is 2. The second-order valence-corrected chi connectivity index (χ2v) is 11.0. The van der Waals surface area contributed by atoms with Gasteiger partial charge in [0.1, 0.15) is 18.2 Å². The third kappa shape index (κ3) is 5.29. The number of phenols is 1. The molecule has 4 rings (SSSR count). The Morgan fingerprint density at radius 3 is 2.42 bits per heavy atom. The highest BCUT2D eigenvalue weighted by Gasteiger charge is 2.39. The molecule has 38 heavy (non-hydrogen) atoms. The first-order valence-corrected chi connectivity index (χ1v) is 13.0. The number of aromatic hydroxyl groups is 1. The number of H-pyrrole nitrogens is 1. The van der Waals surface area contributed by atoms with Gasteiger partial charge in [-0.3, -0.25) is 9.78 Å². The van der Waals surface area contributed by atoms with Crippen molar-refractivity contribution in [2.24, 2.45) is 0 Å². The number of aliphatic hydroxyl groups excluding tert-OH is 1. The summed E-state index contributed by atoms with van der Waals surface area (Å²) in [6.07, 6.45) is -2.90. The molecule has 202 valence electrons. The van der Waals surface area contributed by atoms with Crippen molar-refractivity contribution in [1.29, 1.82) is 0 Å². The lowest BCUT2D eigenvalue weighted by molar-refractivity contribution is -0.405. The van der Waals surface area contributed by atoms with Crippen LogP contribution in [0.3, 0.4) is 0 Å². The van der Waals surface area contributed by atoms with Gasteiger partial charge in [0.25, 0.3) is 12.0 Å². The summed E-state index contributed by atoms with van der Waals surface area (Å²) in [6.45, 7) is 3.59. The van der Waals surface area contributed by atoms with Crippen LogP contribution in [0.2, 0.25) is 10.0 Å². The van der Waals surface area contributed by atoms with Crippen molar-refractivity contribution < 1.29 is 36.1 Å². The van der Waals surface area contributed by atoms with Crippen LogP contribution in [0.1, 0.15) is 31.4 Å². The molecule has 11 nitrogen and oxygen atoms in total. The molecule has 3 aromatic rings. The van der Waals surface area contributed by atoms with Gasteiger partial charge in [-0.2, -0.15) is 18.2 Å². The second-order valence-electron chi connectivity index (χ2n) is 8.34. The van der Waals surface area contributed by atoms with E-state index in [1.807, 2.05) is 0 Å². The van der Waals surface area contributed by atoms with Crippen molar-refractivity contribution in [3.05, 3.63) is 66.9 Å². The van der Waals surface area contributed by atoms with Crippen molar-refractivity contribution >= 4 is 39.9 Å². The third-order valence-corrected chi connectivity index (χ3v) is 8.17. The SMILES string of the molecule is C=[N+]([C@@H]1CC[C@H](O)C1)S(=O)(=O)c1cc(Oc2c(Cl)cc(-n3nc(C(F)F)c(=O)[nH]c3=O)cc2Cl)ccc1O. The normalized spacial score (nSPS) is 17.6. The predicted molar refractivity (Wildman–Crippen MR) is 132 cm³/mol. The quantitative estimate of drug-likeness (QED) is 0.280. The molecule has 0 unspecified atom stereocenters. The number of halogens is 4. The number of ether oxygens (including phenoxy) is 1. The first-order chi connectivity index (χ1) is 17.8. The molecule has 0 aliphatic heterocycles. The van der Waals surface area contributed by atoms with Gasteiger partial charge in [-0.15, -0.1) is 3.98 Å². The number of aromatic nitrogens is 3. The van der Waals surface area contributed by atoms with Crippen LogP contribution < -0.4 is 16.0 Å². The molecular weight excluding hydrogens is 573 g/mol. The zero-order valence-electron chi connectivity index (χ0n) is 19.1. The Labute approximate surface area is 223 Å². The summed E-state index contributed by atoms with van der Waals surface area (Å²) in [7, 11) is -4.30. The Hall–Kier alpha value is -3.33. The minimum Gasteiger partial charge on any atom is -0.506 e. The molecule has 0 amide bonds. The molecule has 16 heteroatoms. The van der Waals surface area contributed by atoms with E-state index in [0.29, 0.717) is 17.5 Å². The summed E-state index contributed by atoms with van der Waals surface area (Å²) in [5.74, 6) is -0.865. The number of sulfonamides is 1. The fraction of sp³-hybridized carbons (Fsp3) is 0.273. The van der Waals surface area contributed by atoms with E-state index in [4.69, 9.17) is 27.9 Å². The largest absolute Gasteiger partial charge is 0.506 e. The van der Waals surface area contributed by atoms with Crippen LogP contribution in [-0.4, -0.2) is 56.2 Å². The second kappa shape index (κ2) is 10.4. The number of benzene rings is 2. The Bertz CT molecular complexity index is 1640. The lowest BCUT2D eigenvalue weighted by atomic mass is 10.3. The monoisotopic (exact) mass is 591 g/mol. The molecular formula is C22H19Cl2F2N4O7S+. The number of hydrogen-bond donors (Lipinski definition) is 3. The standard InChI is InChI=1S/C22H18Cl2F2N4O7S/c1-29(10-2-3-12(31)6-10)38(35,36)17-9-13(4-5-16(17)32)37-19-14(23)7-11(8-15(19)24)30-22(34)27-21(33)18(28-30)20(25)26/h4-5,7-10,12,20,31H,1-3,6H2,(H-,27,32,33,34)/p+1/t10-,12+/m1/s1. The number of aliphatic hydroxyl groups is 1. The summed E-state index contributed by atoms with van der Waals surface area (Å²) < 4.78 is 59.3. The van der Waals surface area contributed by atoms with Gasteiger partial charge in [-0.1, -0.05) is 23.2 Å². The van der Waals surface area contributed by atoms with Crippen LogP contribution in [-0.2, 0) is 10.0 Å². The van der Waals surface area contributed by atoms with Crippen LogP contribution in [0.15, 0.2) is 44.8 Å². The van der Waals surface area contributed by atoms with Crippen LogP contribution in [0.4, 0.5) is 8.78 Å². The topological polar surface area (TPSA) is 155 Å². The van der Waals surface area contributed by atoms with Gasteiger partial charge in [0.05, 0.1) is 21.8 Å². The molecule has 1 aromatic heterocycles. The average molecular weight is 592 g/mol. The summed E-state index contributed by atoms with van der Waals surface area (Å²) in [6, 6.07) is 4.98. The molecule has 0 bridgehead atoms. The number of hydrogen-bond acceptors (Lipinski definition) is 8. The zero-order valence-corrected chi connectivity index (χ0v) is 21.5. The first kappa shape index (κ1) is 27.7. The maximum Gasteiger partial charge on any atom is 0.398 e. The Balaban J connectivity index is 1.68. The van der Waals surface area contributed by atoms with Crippen LogP contribution >= 0.6 is 23.2 Å². The van der Waals surface area contributed by atoms with E-state index in [1.54, 1.807) is 4.98 Å². The Morgan fingerprint density at radius 2 is 1.84 bits per heavy atom. The third-order valence-electron chi connectivity index (χ3n) is 5.81. The minimum absolute atomic E-state index is 0.0999. The fourth-order valence-electron chi connectivity index (χ4n) is 3.90. The minimum atomic E-state index is -4.30. The van der Waals surface area contributed by atoms with Crippen molar-refractivity contribution in [3.63, 3.8) is 0 Å². The molecule has 1 fully saturated rings. The summed E-state index contributed by atoms with van der Waals surface area (Å²) >= 11 is 12.5. The summed E-state index contributed by atoms with van der Waals surface area (Å²) in [5.41, 5.74) is -3.83. The van der Waals surface area contributed by atoms with Gasteiger partial charge < -0.3 is 14.9 Å². The summed E-state index contributed by atoms with van der Waals surface area (Å²) in [5, 5.41) is 22.9. The summed E-state index contributed by atoms with van der Waals surface area (Å²) in [4.78, 5) is 24.9. The molecule has 3 N–H and O–H groups in total. The smallest absolute Gasteiger partial charge is 0.398 e. The fourth-order valence-corrected chi connectivity index (χ4v) is 5.88. The molecule has 1 aliphatic rings. The van der Waals surface area contributed by atoms with Crippen molar-refractivity contribution in [3.8, 4) is 22.9 Å². The average Bonchev–Trinajstić information content (AvgIpc) is 3.27. The molecule has 2 aromatic carbocycles. The van der Waals surface area contributed by atoms with E-state index in [1.165, 1.54) is 6.07 Å². The number of nitrogens with zero attached hydrogens (tertiary/aromatic N) is 3. The number of aromatic amines is 1. The molecule has 0 spiro atoms. The molecule has 1 aliphatic carbocycles. The molecule has 2 atom stereocenters. The molecule has 1 heterocycles. The van der Waals surface area contributed by atoms with Crippen LogP contribution in [0.5, 0.6) is 17.2 Å². The molecule has 0 saturated heterocycles. The van der Waals surface area contributed by atoms with Gasteiger partial charge in [-0.05, 0) is 30.7 Å². The van der Waals surface area contributed by atoms with Gasteiger partial charge in [-0.25, -0.2) is 13.6 Å². The van der Waals surface area contributed by atoms with Crippen molar-refractivity contribution in [2.45, 2.75) is 42.7 Å². The van der Waals surface area contributed by atoms with E-state index in [0.717, 1.165) is 28.2 Å². The zero-order chi connectivity index (χ0) is 27.9. The van der Waals surface area contributed by atoms with E-state index >= 15 is 0 Å². The maximum absolute atomic E-state index is 13.1. The number of rotatable bonds is 7. The van der Waals surface area contributed by atoms with Gasteiger partial charge in [0.15, 0.2) is 22.4 Å². The highest BCUT2D eigenvalue weighted by atomic mass is 35.5. The molecule has 1 saturated carbocycles. The Morgan fingerprint density at radius 1 is 1.18 bits per heavy atom. The molecule has 0 radical (unpaired) electrons. The van der Waals surface area contributed by atoms with Crippen molar-refractivity contribution in [2.75, 3.05) is 0 Å². The van der Waals surface area contributed by atoms with E-state index in [2.05, 4.69) is 11.8 Å². The number of nitrogens with one attached hydrogen (secondary N) is 1. The van der Waals surface area contributed by atoms with Crippen LogP contribution in [0.25, 0.3) is 5.69 Å². The van der Waals surface area contributed by atoms with E-state index in [-0.39, 0.29) is 33.7 Å². The highest BCUT2D eigenvalue weighted by Crippen LogP contribution is 2.40. The first-order valence-electron chi connectivity index (χ1n) is 10.8. The maximum atomic E-state index is 13.1. The number of phenolic OH excluding ortho intramolecular Hbond substituents is 1. The van der Waals surface area contributed by atoms with Gasteiger partial charge in [0.2, 0.25) is 0 Å².